The quantitative estimate of drug-likeness (QED) is 0.0637. The number of imidazole rings is 2. The number of fused-ring (bicyclic) bond motifs is 2. The summed E-state index contributed by atoms with van der Waals surface area (Å²) >= 11 is 0. The first-order valence-electron chi connectivity index (χ1n) is 24.8. The van der Waals surface area contributed by atoms with Crippen LogP contribution in [-0.2, 0) is 0 Å². The zero-order valence-corrected chi connectivity index (χ0v) is 42.4. The number of piperidine rings is 2. The molecule has 2 saturated heterocycles. The predicted molar refractivity (Wildman–Crippen MR) is 281 cm³/mol. The van der Waals surface area contributed by atoms with Gasteiger partial charge in [0.05, 0.1) is 28.1 Å². The second kappa shape index (κ2) is 26.2. The van der Waals surface area contributed by atoms with Gasteiger partial charge in [0.1, 0.15) is 30.8 Å². The fraction of sp³-hybridized carbons (Fsp3) is 0.453. The summed E-state index contributed by atoms with van der Waals surface area (Å²) in [5.74, 6) is 2.07. The number of amides is 3. The van der Waals surface area contributed by atoms with Gasteiger partial charge >= 0.3 is 29.5 Å². The maximum atomic E-state index is 13.0. The van der Waals surface area contributed by atoms with Gasteiger partial charge in [0.25, 0.3) is 0 Å². The third kappa shape index (κ3) is 14.3. The molecule has 3 amide bonds. The van der Waals surface area contributed by atoms with Crippen molar-refractivity contribution in [3.8, 4) is 11.5 Å². The number of aliphatic hydroxyl groups is 1. The van der Waals surface area contributed by atoms with E-state index in [4.69, 9.17) is 9.47 Å². The average Bonchev–Trinajstić information content (AvgIpc) is 3.85. The van der Waals surface area contributed by atoms with Gasteiger partial charge in [-0.25, -0.2) is 33.1 Å². The highest BCUT2D eigenvalue weighted by atomic mass is 35.5. The summed E-state index contributed by atoms with van der Waals surface area (Å²) in [7, 11) is 0. The number of rotatable bonds is 17. The monoisotopic (exact) mass is 1010 g/mol. The Balaban J connectivity index is 0.000000233. The Morgan fingerprint density at radius 3 is 1.35 bits per heavy atom. The van der Waals surface area contributed by atoms with E-state index in [1.165, 1.54) is 9.13 Å². The minimum atomic E-state index is -1.08. The van der Waals surface area contributed by atoms with Gasteiger partial charge in [0, 0.05) is 38.3 Å². The molecule has 72 heavy (non-hydrogen) atoms. The van der Waals surface area contributed by atoms with Crippen LogP contribution in [0.5, 0.6) is 11.5 Å². The molecule has 388 valence electrons. The lowest BCUT2D eigenvalue weighted by Gasteiger charge is -2.34. The summed E-state index contributed by atoms with van der Waals surface area (Å²) < 4.78 is 17.2. The predicted octanol–water partition coefficient (Wildman–Crippen LogP) is 6.88. The van der Waals surface area contributed by atoms with Crippen LogP contribution >= 0.6 is 12.4 Å². The van der Waals surface area contributed by atoms with Crippen LogP contribution in [-0.4, -0.2) is 134 Å². The lowest BCUT2D eigenvalue weighted by atomic mass is 9.96. The topological polar surface area (TPSA) is 207 Å². The molecule has 0 saturated carbocycles. The Labute approximate surface area is 425 Å². The molecule has 0 bridgehead atoms. The second-order valence-corrected chi connectivity index (χ2v) is 19.0. The number of para-hydroxylation sites is 6. The highest BCUT2D eigenvalue weighted by Gasteiger charge is 2.27. The smallest absolute Gasteiger partial charge is 0.405 e. The fourth-order valence-electron chi connectivity index (χ4n) is 9.50. The summed E-state index contributed by atoms with van der Waals surface area (Å²) in [6, 6.07) is 32.3. The molecule has 0 radical (unpaired) electrons. The molecule has 2 aliphatic rings. The summed E-state index contributed by atoms with van der Waals surface area (Å²) in [5.41, 5.74) is 2.09. The number of hydrogen-bond acceptors (Lipinski definition) is 10. The standard InChI is InChI=1S/C27H35N5O5.C26H34N4O4.ClH/c1-19(2)31-23-10-6-7-11-24(23)32(27(31)36)25(33)28-16-20-12-14-30(15-13-20)17-21(29-26(34)35)18-37-22-8-4-3-5-9-22;1-19(2)29-23-10-6-7-11-24(23)30(26(29)33)25(32)27-16-20-12-14-28(15-13-20)17-21(31)18-34-22-8-4-3-5-9-22;/h3-11,19-21,29H,12-18H2,1-2H3,(H,28,33)(H,34,35);3-11,19-21,31H,12-18H2,1-2H3,(H,27,32);1H. The summed E-state index contributed by atoms with van der Waals surface area (Å²) in [6.07, 6.45) is 1.95. The van der Waals surface area contributed by atoms with E-state index in [-0.39, 0.29) is 67.1 Å². The molecule has 0 spiro atoms. The normalized spacial score (nSPS) is 15.6. The number of carbonyl (C=O) groups excluding carboxylic acids is 2. The molecule has 4 heterocycles. The average molecular weight is 1010 g/mol. The number of aromatic nitrogens is 4. The number of aliphatic hydroxyl groups excluding tert-OH is 1. The molecule has 2 unspecified atom stereocenters. The van der Waals surface area contributed by atoms with Crippen LogP contribution in [0.1, 0.15) is 65.5 Å². The van der Waals surface area contributed by atoms with Gasteiger partial charge in [-0.3, -0.25) is 9.13 Å². The minimum absolute atomic E-state index is 0. The molecule has 6 aromatic rings. The van der Waals surface area contributed by atoms with E-state index in [1.54, 1.807) is 21.3 Å². The molecule has 2 atom stereocenters. The first-order chi connectivity index (χ1) is 34.3. The number of carbonyl (C=O) groups is 3. The van der Waals surface area contributed by atoms with Gasteiger partial charge in [0.2, 0.25) is 0 Å². The van der Waals surface area contributed by atoms with Crippen molar-refractivity contribution in [2.45, 2.75) is 77.6 Å². The number of ether oxygens (including phenoxy) is 2. The number of nitrogens with zero attached hydrogens (tertiary/aromatic N) is 6. The molecular formula is C53H70ClN9O9. The first-order valence-corrected chi connectivity index (χ1v) is 24.8. The largest absolute Gasteiger partial charge is 0.491 e. The SMILES string of the molecule is CC(C)n1c(=O)n(C(=O)NCC2CCN(CC(COc3ccccc3)NC(=O)O)CC2)c2ccccc21.CC(C)n1c(=O)n(C(=O)NCC2CCN(CC(O)COc3ccccc3)CC2)c2ccccc21.Cl. The summed E-state index contributed by atoms with van der Waals surface area (Å²) in [4.78, 5) is 67.6. The van der Waals surface area contributed by atoms with Gasteiger partial charge in [-0.05, 0) is 140 Å². The molecular weight excluding hydrogens is 942 g/mol. The minimum Gasteiger partial charge on any atom is -0.491 e. The fourth-order valence-corrected chi connectivity index (χ4v) is 9.50. The van der Waals surface area contributed by atoms with Crippen LogP contribution in [0.2, 0.25) is 0 Å². The molecule has 2 fully saturated rings. The maximum Gasteiger partial charge on any atom is 0.405 e. The number of carboxylic acid groups (broad SMARTS) is 1. The van der Waals surface area contributed by atoms with Crippen molar-refractivity contribution in [1.82, 2.24) is 44.0 Å². The van der Waals surface area contributed by atoms with Gasteiger partial charge in [-0.2, -0.15) is 0 Å². The van der Waals surface area contributed by atoms with Gasteiger partial charge in [-0.1, -0.05) is 60.7 Å². The molecule has 19 heteroatoms. The number of benzene rings is 4. The highest BCUT2D eigenvalue weighted by molar-refractivity contribution is 5.90. The molecule has 4 aromatic carbocycles. The van der Waals surface area contributed by atoms with E-state index < -0.39 is 18.2 Å². The third-order valence-electron chi connectivity index (χ3n) is 13.2. The van der Waals surface area contributed by atoms with E-state index >= 15 is 0 Å². The maximum absolute atomic E-state index is 13.0. The van der Waals surface area contributed by atoms with Crippen LogP contribution < -0.4 is 36.8 Å². The number of hydrogen-bond donors (Lipinski definition) is 5. The third-order valence-corrected chi connectivity index (χ3v) is 13.2. The van der Waals surface area contributed by atoms with Crippen LogP contribution in [0, 0.1) is 11.8 Å². The van der Waals surface area contributed by atoms with Gasteiger partial charge in [0.15, 0.2) is 0 Å². The Bertz CT molecular complexity index is 2800. The van der Waals surface area contributed by atoms with Gasteiger partial charge < -0.3 is 45.4 Å². The van der Waals surface area contributed by atoms with E-state index in [0.29, 0.717) is 48.9 Å². The van der Waals surface area contributed by atoms with Crippen molar-refractivity contribution >= 4 is 52.6 Å². The molecule has 2 aromatic heterocycles. The molecule has 2 aliphatic heterocycles. The van der Waals surface area contributed by atoms with Crippen molar-refractivity contribution in [3.05, 3.63) is 130 Å². The number of nitrogens with one attached hydrogen (secondary N) is 3. The van der Waals surface area contributed by atoms with E-state index in [1.807, 2.05) is 125 Å². The first kappa shape index (κ1) is 54.7. The van der Waals surface area contributed by atoms with Crippen molar-refractivity contribution in [2.24, 2.45) is 11.8 Å². The lowest BCUT2D eigenvalue weighted by molar-refractivity contribution is 0.0552. The zero-order chi connectivity index (χ0) is 50.4. The van der Waals surface area contributed by atoms with Gasteiger partial charge in [-0.15, -0.1) is 12.4 Å². The van der Waals surface area contributed by atoms with Crippen molar-refractivity contribution in [2.75, 3.05) is 65.6 Å². The van der Waals surface area contributed by atoms with E-state index in [0.717, 1.165) is 68.6 Å². The molecule has 0 aliphatic carbocycles. The second-order valence-electron chi connectivity index (χ2n) is 19.0. The van der Waals surface area contributed by atoms with Crippen LogP contribution in [0.3, 0.4) is 0 Å². The Hall–Kier alpha value is -6.60. The summed E-state index contributed by atoms with van der Waals surface area (Å²) in [5, 5.41) is 28.0. The lowest BCUT2D eigenvalue weighted by Crippen LogP contribution is -2.49. The number of β-amino-alcohol motifs (C(OH)–C–C–N with tert-alkyl or cyclic N) is 1. The molecule has 18 nitrogen and oxygen atoms in total. The van der Waals surface area contributed by atoms with Crippen molar-refractivity contribution in [1.29, 1.82) is 0 Å². The Kier molecular flexibility index (Phi) is 19.9. The molecule has 8 rings (SSSR count). The molecule has 5 N–H and O–H groups in total. The Morgan fingerprint density at radius 1 is 0.569 bits per heavy atom. The number of likely N-dealkylation sites (tertiary alicyclic amines) is 2. The van der Waals surface area contributed by atoms with Crippen LogP contribution in [0.15, 0.2) is 119 Å². The van der Waals surface area contributed by atoms with Crippen LogP contribution in [0.4, 0.5) is 14.4 Å². The Morgan fingerprint density at radius 2 is 0.944 bits per heavy atom. The van der Waals surface area contributed by atoms with Crippen LogP contribution in [0.25, 0.3) is 22.1 Å². The number of halogens is 1. The summed E-state index contributed by atoms with van der Waals surface area (Å²) in [6.45, 7) is 13.6. The van der Waals surface area contributed by atoms with Crippen molar-refractivity contribution < 1.29 is 34.1 Å². The highest BCUT2D eigenvalue weighted by Crippen LogP contribution is 2.21. The van der Waals surface area contributed by atoms with E-state index in [9.17, 15) is 34.2 Å². The van der Waals surface area contributed by atoms with E-state index in [2.05, 4.69) is 25.8 Å². The van der Waals surface area contributed by atoms with Crippen molar-refractivity contribution in [3.63, 3.8) is 0 Å². The zero-order valence-electron chi connectivity index (χ0n) is 41.6.